The van der Waals surface area contributed by atoms with Crippen molar-refractivity contribution in [1.29, 1.82) is 0 Å². The molecule has 8 rings (SSSR count). The molecule has 3 aliphatic rings. The third-order valence-electron chi connectivity index (χ3n) is 11.3. The lowest BCUT2D eigenvalue weighted by Crippen LogP contribution is -2.32. The first-order chi connectivity index (χ1) is 24.5. The second-order valence-corrected chi connectivity index (χ2v) is 17.7. The highest BCUT2D eigenvalue weighted by Crippen LogP contribution is 2.52. The van der Waals surface area contributed by atoms with Gasteiger partial charge in [-0.15, -0.1) is 0 Å². The number of nitrogens with zero attached hydrogens (tertiary/aromatic N) is 3. The zero-order chi connectivity index (χ0) is 36.9. The molecule has 0 saturated heterocycles. The first-order valence-electron chi connectivity index (χ1n) is 18.7. The van der Waals surface area contributed by atoms with Crippen molar-refractivity contribution >= 4 is 23.1 Å². The first-order valence-corrected chi connectivity index (χ1v) is 18.7. The van der Waals surface area contributed by atoms with Gasteiger partial charge < -0.3 is 9.47 Å². The van der Waals surface area contributed by atoms with E-state index in [1.807, 2.05) is 12.3 Å². The predicted molar refractivity (Wildman–Crippen MR) is 213 cm³/mol. The van der Waals surface area contributed by atoms with Crippen LogP contribution in [0, 0.1) is 20.8 Å². The fourth-order valence-corrected chi connectivity index (χ4v) is 8.51. The van der Waals surface area contributed by atoms with E-state index in [0.717, 1.165) is 57.4 Å². The molecule has 0 radical (unpaired) electrons. The Hall–Kier alpha value is -4.90. The summed E-state index contributed by atoms with van der Waals surface area (Å²) < 4.78 is 13.5. The molecule has 1 aromatic heterocycles. The number of aryl methyl sites for hydroxylation is 3. The summed E-state index contributed by atoms with van der Waals surface area (Å²) in [5.41, 5.74) is 14.2. The molecule has 0 saturated carbocycles. The normalized spacial score (nSPS) is 18.6. The number of fused-ring (bicyclic) bond motifs is 5. The van der Waals surface area contributed by atoms with Crippen LogP contribution in [0.4, 0.5) is 17.2 Å². The van der Waals surface area contributed by atoms with Crippen LogP contribution in [0.25, 0.3) is 0 Å². The Balaban J connectivity index is 1.15. The van der Waals surface area contributed by atoms with Crippen molar-refractivity contribution in [3.05, 3.63) is 141 Å². The number of ether oxygens (including phenoxy) is 2. The van der Waals surface area contributed by atoms with Gasteiger partial charge in [0.15, 0.2) is 0 Å². The summed E-state index contributed by atoms with van der Waals surface area (Å²) in [7, 11) is 0. The standard InChI is InChI=1S/C47H51N3O2/c1-27-20-31(50-40-18-17-30(45(4,5)6)23-38(40)47(10,11)37-16-13-19-48-43(37)50)24-32(21-27)51-41-26-34(28(2)22-29(41)3)44-49-39-25-35-33(42(39)52-44)14-12-15-36(35)46(7,8)9/h12-24,26,39,42H,25H2,1-11H3/t39-,42+/m1/s1. The van der Waals surface area contributed by atoms with E-state index >= 15 is 0 Å². The van der Waals surface area contributed by atoms with Gasteiger partial charge in [0, 0.05) is 28.8 Å². The Labute approximate surface area is 309 Å². The fraction of sp³-hybridized carbons (Fsp3) is 0.362. The van der Waals surface area contributed by atoms with Gasteiger partial charge >= 0.3 is 0 Å². The third-order valence-corrected chi connectivity index (χ3v) is 11.3. The molecular formula is C47H51N3O2. The Morgan fingerprint density at radius 1 is 0.808 bits per heavy atom. The summed E-state index contributed by atoms with van der Waals surface area (Å²) in [6.07, 6.45) is 2.75. The van der Waals surface area contributed by atoms with Crippen LogP contribution in [0.15, 0.2) is 90.1 Å². The molecule has 0 fully saturated rings. The van der Waals surface area contributed by atoms with Gasteiger partial charge in [-0.25, -0.2) is 9.98 Å². The van der Waals surface area contributed by atoms with Gasteiger partial charge in [-0.1, -0.05) is 97.9 Å². The summed E-state index contributed by atoms with van der Waals surface area (Å²) >= 11 is 0. The Morgan fingerprint density at radius 2 is 1.60 bits per heavy atom. The van der Waals surface area contributed by atoms with Gasteiger partial charge in [-0.3, -0.25) is 4.90 Å². The molecule has 266 valence electrons. The lowest BCUT2D eigenvalue weighted by molar-refractivity contribution is 0.209. The van der Waals surface area contributed by atoms with E-state index in [1.165, 1.54) is 33.4 Å². The highest BCUT2D eigenvalue weighted by molar-refractivity contribution is 5.97. The Morgan fingerprint density at radius 3 is 2.35 bits per heavy atom. The van der Waals surface area contributed by atoms with Crippen molar-refractivity contribution in [1.82, 2.24) is 4.98 Å². The summed E-state index contributed by atoms with van der Waals surface area (Å²) in [5, 5.41) is 0. The number of benzene rings is 4. The van der Waals surface area contributed by atoms with Crippen molar-refractivity contribution in [2.24, 2.45) is 4.99 Å². The van der Waals surface area contributed by atoms with E-state index in [9.17, 15) is 0 Å². The van der Waals surface area contributed by atoms with E-state index in [-0.39, 0.29) is 28.4 Å². The summed E-state index contributed by atoms with van der Waals surface area (Å²) in [6.45, 7) is 24.7. The van der Waals surface area contributed by atoms with Gasteiger partial charge in [-0.2, -0.15) is 0 Å². The molecule has 2 aliphatic heterocycles. The molecule has 0 amide bonds. The summed E-state index contributed by atoms with van der Waals surface area (Å²) in [6, 6.07) is 28.7. The number of pyridine rings is 1. The minimum absolute atomic E-state index is 0.0361. The second-order valence-electron chi connectivity index (χ2n) is 17.7. The zero-order valence-corrected chi connectivity index (χ0v) is 32.6. The minimum atomic E-state index is -0.213. The smallest absolute Gasteiger partial charge is 0.217 e. The van der Waals surface area contributed by atoms with Gasteiger partial charge in [0.05, 0.1) is 17.4 Å². The fourth-order valence-electron chi connectivity index (χ4n) is 8.51. The highest BCUT2D eigenvalue weighted by Gasteiger charge is 2.42. The maximum absolute atomic E-state index is 6.80. The van der Waals surface area contributed by atoms with E-state index in [0.29, 0.717) is 5.90 Å². The number of aliphatic imine (C=N–C) groups is 1. The van der Waals surface area contributed by atoms with Crippen molar-refractivity contribution in [2.75, 3.05) is 4.90 Å². The third kappa shape index (κ3) is 5.60. The van der Waals surface area contributed by atoms with Crippen LogP contribution < -0.4 is 9.64 Å². The van der Waals surface area contributed by atoms with Crippen LogP contribution in [0.1, 0.15) is 117 Å². The van der Waals surface area contributed by atoms with Crippen LogP contribution in [0.2, 0.25) is 0 Å². The number of hydrogen-bond donors (Lipinski definition) is 0. The van der Waals surface area contributed by atoms with Gasteiger partial charge in [0.1, 0.15) is 23.4 Å². The van der Waals surface area contributed by atoms with Gasteiger partial charge in [0.25, 0.3) is 0 Å². The maximum atomic E-state index is 6.80. The van der Waals surface area contributed by atoms with Crippen LogP contribution in [-0.2, 0) is 27.4 Å². The maximum Gasteiger partial charge on any atom is 0.217 e. The SMILES string of the molecule is Cc1cc(Oc2cc(C3=N[C@@H]4Cc5c(cccc5C(C)(C)C)[C@@H]4O3)c(C)cc2C)cc(N2c3ccc(C(C)(C)C)cc3C(C)(C)c3cccnc32)c1. The monoisotopic (exact) mass is 689 g/mol. The van der Waals surface area contributed by atoms with E-state index in [1.54, 1.807) is 0 Å². The second kappa shape index (κ2) is 11.8. The largest absolute Gasteiger partial charge is 0.467 e. The number of aromatic nitrogens is 1. The molecular weight excluding hydrogens is 639 g/mol. The van der Waals surface area contributed by atoms with E-state index in [2.05, 4.69) is 154 Å². The average Bonchev–Trinajstić information content (AvgIpc) is 3.63. The Bertz CT molecular complexity index is 2280. The highest BCUT2D eigenvalue weighted by atomic mass is 16.5. The number of anilines is 3. The number of rotatable bonds is 4. The van der Waals surface area contributed by atoms with Crippen molar-refractivity contribution in [2.45, 2.75) is 111 Å². The molecule has 2 atom stereocenters. The molecule has 5 aromatic rings. The Kier molecular flexibility index (Phi) is 7.77. The molecule has 5 nitrogen and oxygen atoms in total. The zero-order valence-electron chi connectivity index (χ0n) is 32.6. The molecule has 5 heteroatoms. The number of hydrogen-bond acceptors (Lipinski definition) is 5. The molecule has 4 aromatic carbocycles. The van der Waals surface area contributed by atoms with Crippen LogP contribution >= 0.6 is 0 Å². The van der Waals surface area contributed by atoms with Gasteiger partial charge in [0.2, 0.25) is 5.90 Å². The lowest BCUT2D eigenvalue weighted by Gasteiger charge is -2.41. The van der Waals surface area contributed by atoms with Crippen molar-refractivity contribution in [3.8, 4) is 11.5 Å². The summed E-state index contributed by atoms with van der Waals surface area (Å²) in [4.78, 5) is 12.5. The first kappa shape index (κ1) is 34.2. The molecule has 0 bridgehead atoms. The minimum Gasteiger partial charge on any atom is -0.467 e. The quantitative estimate of drug-likeness (QED) is 0.188. The molecule has 3 heterocycles. The van der Waals surface area contributed by atoms with Crippen LogP contribution in [0.3, 0.4) is 0 Å². The predicted octanol–water partition coefficient (Wildman–Crippen LogP) is 11.9. The molecule has 0 unspecified atom stereocenters. The van der Waals surface area contributed by atoms with Crippen molar-refractivity contribution in [3.63, 3.8) is 0 Å². The molecule has 52 heavy (non-hydrogen) atoms. The lowest BCUT2D eigenvalue weighted by atomic mass is 9.72. The van der Waals surface area contributed by atoms with Crippen molar-refractivity contribution < 1.29 is 9.47 Å². The molecule has 0 spiro atoms. The summed E-state index contributed by atoms with van der Waals surface area (Å²) in [5.74, 6) is 3.23. The molecule has 1 aliphatic carbocycles. The van der Waals surface area contributed by atoms with E-state index < -0.39 is 0 Å². The average molecular weight is 690 g/mol. The van der Waals surface area contributed by atoms with Crippen LogP contribution in [0.5, 0.6) is 11.5 Å². The van der Waals surface area contributed by atoms with Crippen LogP contribution in [-0.4, -0.2) is 16.9 Å². The molecule has 0 N–H and O–H groups in total. The van der Waals surface area contributed by atoms with E-state index in [4.69, 9.17) is 19.5 Å². The van der Waals surface area contributed by atoms with Gasteiger partial charge in [-0.05, 0) is 113 Å². The topological polar surface area (TPSA) is 47.0 Å².